The molecule has 1 heterocycles. The molecule has 0 saturated carbocycles. The Morgan fingerprint density at radius 3 is 2.71 bits per heavy atom. The second kappa shape index (κ2) is 4.96. The molecule has 0 aliphatic heterocycles. The van der Waals surface area contributed by atoms with Crippen LogP contribution in [0.4, 0.5) is 5.95 Å². The van der Waals surface area contributed by atoms with Crippen LogP contribution >= 0.6 is 0 Å². The number of aromatic nitrogens is 2. The summed E-state index contributed by atoms with van der Waals surface area (Å²) < 4.78 is 0. The summed E-state index contributed by atoms with van der Waals surface area (Å²) in [6, 6.07) is 1.68. The third-order valence-electron chi connectivity index (χ3n) is 1.51. The third kappa shape index (κ3) is 2.85. The van der Waals surface area contributed by atoms with E-state index in [1.165, 1.54) is 4.90 Å². The Morgan fingerprint density at radius 1 is 1.57 bits per heavy atom. The highest BCUT2D eigenvalue weighted by atomic mass is 16.4. The van der Waals surface area contributed by atoms with Gasteiger partial charge in [0.15, 0.2) is 0 Å². The fourth-order valence-electron chi connectivity index (χ4n) is 0.991. The van der Waals surface area contributed by atoms with Crippen LogP contribution in [0.1, 0.15) is 0 Å². The van der Waals surface area contributed by atoms with E-state index in [1.54, 1.807) is 24.5 Å². The van der Waals surface area contributed by atoms with Crippen molar-refractivity contribution in [1.29, 1.82) is 0 Å². The van der Waals surface area contributed by atoms with Gasteiger partial charge in [0.25, 0.3) is 0 Å². The van der Waals surface area contributed by atoms with E-state index < -0.39 is 5.97 Å². The van der Waals surface area contributed by atoms with E-state index in [4.69, 9.17) is 5.11 Å². The van der Waals surface area contributed by atoms with E-state index in [2.05, 4.69) is 16.5 Å². The van der Waals surface area contributed by atoms with Crippen LogP contribution in [-0.4, -0.2) is 34.1 Å². The SMILES string of the molecule is C=CCN(CC(=O)O)c1ncccn1. The summed E-state index contributed by atoms with van der Waals surface area (Å²) >= 11 is 0. The molecular weight excluding hydrogens is 182 g/mol. The van der Waals surface area contributed by atoms with Crippen molar-refractivity contribution in [3.05, 3.63) is 31.1 Å². The number of hydrogen-bond acceptors (Lipinski definition) is 4. The Kier molecular flexibility index (Phi) is 3.60. The largest absolute Gasteiger partial charge is 0.480 e. The number of anilines is 1. The van der Waals surface area contributed by atoms with Crippen molar-refractivity contribution in [2.45, 2.75) is 0 Å². The zero-order chi connectivity index (χ0) is 10.4. The van der Waals surface area contributed by atoms with Crippen molar-refractivity contribution >= 4 is 11.9 Å². The summed E-state index contributed by atoms with van der Waals surface area (Å²) in [6.07, 6.45) is 4.75. The van der Waals surface area contributed by atoms with Gasteiger partial charge in [0.1, 0.15) is 6.54 Å². The predicted octanol–water partition coefficient (Wildman–Crippen LogP) is 0.554. The highest BCUT2D eigenvalue weighted by Gasteiger charge is 2.10. The Labute approximate surface area is 81.7 Å². The molecule has 0 amide bonds. The molecule has 0 unspecified atom stereocenters. The molecule has 0 radical (unpaired) electrons. The molecule has 1 rings (SSSR count). The van der Waals surface area contributed by atoms with Crippen LogP contribution in [-0.2, 0) is 4.79 Å². The average molecular weight is 193 g/mol. The maximum atomic E-state index is 10.5. The molecule has 74 valence electrons. The number of rotatable bonds is 5. The van der Waals surface area contributed by atoms with Gasteiger partial charge in [-0.1, -0.05) is 6.08 Å². The van der Waals surface area contributed by atoms with Gasteiger partial charge in [0.2, 0.25) is 5.95 Å². The number of carboxylic acid groups (broad SMARTS) is 1. The number of carboxylic acids is 1. The molecule has 0 bridgehead atoms. The van der Waals surface area contributed by atoms with Gasteiger partial charge in [0, 0.05) is 18.9 Å². The van der Waals surface area contributed by atoms with Crippen LogP contribution in [0.5, 0.6) is 0 Å². The van der Waals surface area contributed by atoms with Crippen LogP contribution in [0.15, 0.2) is 31.1 Å². The van der Waals surface area contributed by atoms with Crippen molar-refractivity contribution in [2.75, 3.05) is 18.0 Å². The molecule has 0 aliphatic carbocycles. The van der Waals surface area contributed by atoms with E-state index in [-0.39, 0.29) is 6.54 Å². The molecule has 5 heteroatoms. The smallest absolute Gasteiger partial charge is 0.323 e. The minimum Gasteiger partial charge on any atom is -0.480 e. The highest BCUT2D eigenvalue weighted by molar-refractivity contribution is 5.72. The minimum absolute atomic E-state index is 0.129. The van der Waals surface area contributed by atoms with Crippen molar-refractivity contribution in [3.63, 3.8) is 0 Å². The molecular formula is C9H11N3O2. The summed E-state index contributed by atoms with van der Waals surface area (Å²) in [4.78, 5) is 20.0. The molecule has 0 aromatic carbocycles. The van der Waals surface area contributed by atoms with Crippen LogP contribution in [0.3, 0.4) is 0 Å². The van der Waals surface area contributed by atoms with Gasteiger partial charge in [-0.15, -0.1) is 6.58 Å². The lowest BCUT2D eigenvalue weighted by atomic mass is 10.5. The first-order valence-electron chi connectivity index (χ1n) is 4.08. The van der Waals surface area contributed by atoms with Crippen molar-refractivity contribution < 1.29 is 9.90 Å². The number of aliphatic carboxylic acids is 1. The fourth-order valence-corrected chi connectivity index (χ4v) is 0.991. The zero-order valence-electron chi connectivity index (χ0n) is 7.63. The van der Waals surface area contributed by atoms with Crippen LogP contribution < -0.4 is 4.90 Å². The summed E-state index contributed by atoms with van der Waals surface area (Å²) in [5.74, 6) is -0.519. The van der Waals surface area contributed by atoms with Crippen LogP contribution in [0.25, 0.3) is 0 Å². The van der Waals surface area contributed by atoms with Gasteiger partial charge in [-0.3, -0.25) is 4.79 Å². The predicted molar refractivity (Wildman–Crippen MR) is 52.1 cm³/mol. The Hall–Kier alpha value is -1.91. The summed E-state index contributed by atoms with van der Waals surface area (Å²) in [5.41, 5.74) is 0. The monoisotopic (exact) mass is 193 g/mol. The van der Waals surface area contributed by atoms with Gasteiger partial charge >= 0.3 is 5.97 Å². The summed E-state index contributed by atoms with van der Waals surface area (Å²) in [5, 5.41) is 8.64. The highest BCUT2D eigenvalue weighted by Crippen LogP contribution is 2.03. The van der Waals surface area contributed by atoms with Crippen LogP contribution in [0.2, 0.25) is 0 Å². The fraction of sp³-hybridized carbons (Fsp3) is 0.222. The lowest BCUT2D eigenvalue weighted by Crippen LogP contribution is -2.31. The molecule has 14 heavy (non-hydrogen) atoms. The quantitative estimate of drug-likeness (QED) is 0.692. The molecule has 1 N–H and O–H groups in total. The summed E-state index contributed by atoms with van der Waals surface area (Å²) in [6.45, 7) is 3.83. The third-order valence-corrected chi connectivity index (χ3v) is 1.51. The van der Waals surface area contributed by atoms with Gasteiger partial charge in [-0.2, -0.15) is 0 Å². The Balaban J connectivity index is 2.77. The first kappa shape index (κ1) is 10.2. The summed E-state index contributed by atoms with van der Waals surface area (Å²) in [7, 11) is 0. The number of carbonyl (C=O) groups is 1. The van der Waals surface area contributed by atoms with E-state index in [0.717, 1.165) is 0 Å². The lowest BCUT2D eigenvalue weighted by Gasteiger charge is -2.17. The van der Waals surface area contributed by atoms with Crippen molar-refractivity contribution in [1.82, 2.24) is 9.97 Å². The molecule has 1 aromatic heterocycles. The van der Waals surface area contributed by atoms with Gasteiger partial charge < -0.3 is 10.0 Å². The first-order valence-corrected chi connectivity index (χ1v) is 4.08. The molecule has 0 saturated heterocycles. The standard InChI is InChI=1S/C9H11N3O2/c1-2-6-12(7-8(13)14)9-10-4-3-5-11-9/h2-5H,1,6-7H2,(H,13,14). The maximum Gasteiger partial charge on any atom is 0.323 e. The topological polar surface area (TPSA) is 66.3 Å². The normalized spacial score (nSPS) is 9.43. The average Bonchev–Trinajstić information content (AvgIpc) is 2.18. The number of nitrogens with zero attached hydrogens (tertiary/aromatic N) is 3. The van der Waals surface area contributed by atoms with Crippen molar-refractivity contribution in [3.8, 4) is 0 Å². The van der Waals surface area contributed by atoms with Gasteiger partial charge in [-0.25, -0.2) is 9.97 Å². The van der Waals surface area contributed by atoms with Crippen LogP contribution in [0, 0.1) is 0 Å². The molecule has 1 aromatic rings. The maximum absolute atomic E-state index is 10.5. The molecule has 0 aliphatic rings. The van der Waals surface area contributed by atoms with E-state index in [0.29, 0.717) is 12.5 Å². The molecule has 0 fully saturated rings. The molecule has 0 atom stereocenters. The first-order chi connectivity index (χ1) is 6.74. The molecule has 0 spiro atoms. The van der Waals surface area contributed by atoms with E-state index in [9.17, 15) is 4.79 Å². The minimum atomic E-state index is -0.917. The Morgan fingerprint density at radius 2 is 2.21 bits per heavy atom. The lowest BCUT2D eigenvalue weighted by molar-refractivity contribution is -0.135. The second-order valence-corrected chi connectivity index (χ2v) is 2.61. The zero-order valence-corrected chi connectivity index (χ0v) is 7.63. The molecule has 5 nitrogen and oxygen atoms in total. The van der Waals surface area contributed by atoms with E-state index in [1.807, 2.05) is 0 Å². The van der Waals surface area contributed by atoms with Crippen molar-refractivity contribution in [2.24, 2.45) is 0 Å². The number of hydrogen-bond donors (Lipinski definition) is 1. The van der Waals surface area contributed by atoms with Gasteiger partial charge in [0.05, 0.1) is 0 Å². The Bertz CT molecular complexity index is 313. The second-order valence-electron chi connectivity index (χ2n) is 2.61. The van der Waals surface area contributed by atoms with Gasteiger partial charge in [-0.05, 0) is 6.07 Å². The van der Waals surface area contributed by atoms with E-state index >= 15 is 0 Å².